The summed E-state index contributed by atoms with van der Waals surface area (Å²) in [5.41, 5.74) is 3.64. The maximum Gasteiger partial charge on any atom is 0.171 e. The van der Waals surface area contributed by atoms with Crippen LogP contribution in [0.25, 0.3) is 0 Å². The van der Waals surface area contributed by atoms with Crippen LogP contribution in [-0.4, -0.2) is 12.9 Å². The number of carbonyl (C=O) groups excluding carboxylic acids is 1. The van der Waals surface area contributed by atoms with Gasteiger partial charge < -0.3 is 4.74 Å². The molecule has 0 aliphatic rings. The first-order valence-corrected chi connectivity index (χ1v) is 6.82. The summed E-state index contributed by atoms with van der Waals surface area (Å²) < 4.78 is 5.34. The molecule has 104 valence electrons. The highest BCUT2D eigenvalue weighted by atomic mass is 35.5. The number of carbonyl (C=O) groups is 1. The zero-order valence-electron chi connectivity index (χ0n) is 11.9. The van der Waals surface area contributed by atoms with Crippen LogP contribution in [0, 0.1) is 13.8 Å². The molecule has 2 aromatic rings. The summed E-state index contributed by atoms with van der Waals surface area (Å²) in [6.45, 7) is 3.92. The Kier molecular flexibility index (Phi) is 4.46. The molecule has 0 unspecified atom stereocenters. The lowest BCUT2D eigenvalue weighted by Crippen LogP contribution is -2.08. The minimum Gasteiger partial charge on any atom is -0.496 e. The van der Waals surface area contributed by atoms with Crippen molar-refractivity contribution in [3.63, 3.8) is 0 Å². The lowest BCUT2D eigenvalue weighted by Gasteiger charge is -2.12. The molecule has 0 N–H and O–H groups in total. The van der Waals surface area contributed by atoms with Gasteiger partial charge in [-0.05, 0) is 48.7 Å². The monoisotopic (exact) mass is 288 g/mol. The van der Waals surface area contributed by atoms with Crippen LogP contribution in [0.1, 0.15) is 27.0 Å². The molecule has 0 amide bonds. The molecule has 0 heterocycles. The van der Waals surface area contributed by atoms with Gasteiger partial charge in [0, 0.05) is 11.4 Å². The maximum absolute atomic E-state index is 12.5. The summed E-state index contributed by atoms with van der Waals surface area (Å²) in [6.07, 6.45) is 0.345. The predicted molar refractivity (Wildman–Crippen MR) is 82.0 cm³/mol. The molecule has 0 atom stereocenters. The van der Waals surface area contributed by atoms with Crippen LogP contribution in [0.4, 0.5) is 0 Å². The van der Waals surface area contributed by atoms with Crippen molar-refractivity contribution in [2.45, 2.75) is 20.3 Å². The Morgan fingerprint density at radius 3 is 2.40 bits per heavy atom. The Bertz CT molecular complexity index is 630. The predicted octanol–water partition coefficient (Wildman–Crippen LogP) is 4.39. The lowest BCUT2D eigenvalue weighted by atomic mass is 9.96. The zero-order valence-corrected chi connectivity index (χ0v) is 12.6. The van der Waals surface area contributed by atoms with E-state index in [-0.39, 0.29) is 5.78 Å². The largest absolute Gasteiger partial charge is 0.496 e. The van der Waals surface area contributed by atoms with Gasteiger partial charge in [0.05, 0.1) is 12.7 Å². The Labute approximate surface area is 124 Å². The molecular weight excluding hydrogens is 272 g/mol. The fourth-order valence-electron chi connectivity index (χ4n) is 2.32. The highest BCUT2D eigenvalue weighted by molar-refractivity contribution is 6.30. The summed E-state index contributed by atoms with van der Waals surface area (Å²) >= 11 is 5.85. The van der Waals surface area contributed by atoms with Gasteiger partial charge in [-0.25, -0.2) is 0 Å². The van der Waals surface area contributed by atoms with E-state index in [0.29, 0.717) is 22.8 Å². The number of ketones is 1. The second-order valence-corrected chi connectivity index (χ2v) is 5.32. The van der Waals surface area contributed by atoms with Crippen molar-refractivity contribution in [3.8, 4) is 5.75 Å². The molecule has 0 aliphatic heterocycles. The van der Waals surface area contributed by atoms with E-state index in [1.165, 1.54) is 0 Å². The number of Topliss-reactive ketones (excluding diaryl/α,β-unsaturated/α-hetero) is 1. The van der Waals surface area contributed by atoms with Crippen molar-refractivity contribution in [2.75, 3.05) is 7.11 Å². The molecule has 0 saturated carbocycles. The van der Waals surface area contributed by atoms with Crippen LogP contribution in [-0.2, 0) is 6.42 Å². The van der Waals surface area contributed by atoms with Crippen molar-refractivity contribution in [1.82, 2.24) is 0 Å². The zero-order chi connectivity index (χ0) is 14.7. The topological polar surface area (TPSA) is 26.3 Å². The fourth-order valence-corrected chi connectivity index (χ4v) is 2.45. The van der Waals surface area contributed by atoms with Crippen molar-refractivity contribution in [2.24, 2.45) is 0 Å². The number of benzene rings is 2. The molecule has 20 heavy (non-hydrogen) atoms. The SMILES string of the molecule is COc1cc(C)cc(C)c1C(=O)Cc1ccc(Cl)cc1. The number of halogens is 1. The smallest absolute Gasteiger partial charge is 0.171 e. The molecule has 0 aromatic heterocycles. The van der Waals surface area contributed by atoms with Crippen molar-refractivity contribution in [3.05, 3.63) is 63.7 Å². The Morgan fingerprint density at radius 2 is 1.80 bits per heavy atom. The van der Waals surface area contributed by atoms with Crippen LogP contribution < -0.4 is 4.74 Å². The van der Waals surface area contributed by atoms with Gasteiger partial charge in [0.2, 0.25) is 0 Å². The van der Waals surface area contributed by atoms with Gasteiger partial charge >= 0.3 is 0 Å². The molecule has 0 spiro atoms. The van der Waals surface area contributed by atoms with E-state index in [9.17, 15) is 4.79 Å². The second kappa shape index (κ2) is 6.10. The van der Waals surface area contributed by atoms with Gasteiger partial charge in [0.25, 0.3) is 0 Å². The Morgan fingerprint density at radius 1 is 1.15 bits per heavy atom. The van der Waals surface area contributed by atoms with Crippen LogP contribution in [0.15, 0.2) is 36.4 Å². The molecular formula is C17H17ClO2. The number of aryl methyl sites for hydroxylation is 2. The molecule has 3 heteroatoms. The third-order valence-electron chi connectivity index (χ3n) is 3.22. The molecule has 0 aliphatic carbocycles. The van der Waals surface area contributed by atoms with E-state index in [4.69, 9.17) is 16.3 Å². The van der Waals surface area contributed by atoms with Crippen LogP contribution in [0.3, 0.4) is 0 Å². The Balaban J connectivity index is 2.31. The quantitative estimate of drug-likeness (QED) is 0.780. The molecule has 0 radical (unpaired) electrons. The highest BCUT2D eigenvalue weighted by Gasteiger charge is 2.16. The fraction of sp³-hybridized carbons (Fsp3) is 0.235. The minimum atomic E-state index is 0.0571. The molecule has 2 aromatic carbocycles. The van der Waals surface area contributed by atoms with E-state index >= 15 is 0 Å². The first-order chi connectivity index (χ1) is 9.51. The van der Waals surface area contributed by atoms with Gasteiger partial charge in [-0.15, -0.1) is 0 Å². The lowest BCUT2D eigenvalue weighted by molar-refractivity contribution is 0.0989. The molecule has 0 fully saturated rings. The van der Waals surface area contributed by atoms with Crippen LogP contribution in [0.2, 0.25) is 5.02 Å². The number of methoxy groups -OCH3 is 1. The average molecular weight is 289 g/mol. The van der Waals surface area contributed by atoms with Crippen molar-refractivity contribution < 1.29 is 9.53 Å². The van der Waals surface area contributed by atoms with Gasteiger partial charge in [-0.1, -0.05) is 29.8 Å². The summed E-state index contributed by atoms with van der Waals surface area (Å²) in [7, 11) is 1.59. The van der Waals surface area contributed by atoms with Crippen LogP contribution in [0.5, 0.6) is 5.75 Å². The van der Waals surface area contributed by atoms with Gasteiger partial charge in [0.15, 0.2) is 5.78 Å². The maximum atomic E-state index is 12.5. The van der Waals surface area contributed by atoms with Crippen molar-refractivity contribution in [1.29, 1.82) is 0 Å². The number of hydrogen-bond donors (Lipinski definition) is 0. The number of hydrogen-bond acceptors (Lipinski definition) is 2. The van der Waals surface area contributed by atoms with Gasteiger partial charge in [0.1, 0.15) is 5.75 Å². The molecule has 2 rings (SSSR count). The van der Waals surface area contributed by atoms with E-state index in [0.717, 1.165) is 16.7 Å². The second-order valence-electron chi connectivity index (χ2n) is 4.89. The summed E-state index contributed by atoms with van der Waals surface area (Å²) in [5, 5.41) is 0.672. The van der Waals surface area contributed by atoms with E-state index in [1.807, 2.05) is 38.1 Å². The number of rotatable bonds is 4. The molecule has 0 saturated heterocycles. The molecule has 0 bridgehead atoms. The summed E-state index contributed by atoms with van der Waals surface area (Å²) in [6, 6.07) is 11.2. The summed E-state index contributed by atoms with van der Waals surface area (Å²) in [4.78, 5) is 12.5. The third-order valence-corrected chi connectivity index (χ3v) is 3.47. The van der Waals surface area contributed by atoms with Gasteiger partial charge in [-0.3, -0.25) is 4.79 Å². The van der Waals surface area contributed by atoms with E-state index < -0.39 is 0 Å². The Hall–Kier alpha value is -1.80. The summed E-state index contributed by atoms with van der Waals surface area (Å²) in [5.74, 6) is 0.697. The standard InChI is InChI=1S/C17H17ClO2/c1-11-8-12(2)17(16(9-11)20-3)15(19)10-13-4-6-14(18)7-5-13/h4-9H,10H2,1-3H3. The van der Waals surface area contributed by atoms with Crippen LogP contribution >= 0.6 is 11.6 Å². The van der Waals surface area contributed by atoms with Gasteiger partial charge in [-0.2, -0.15) is 0 Å². The minimum absolute atomic E-state index is 0.0571. The number of ether oxygens (including phenoxy) is 1. The molecule has 2 nitrogen and oxygen atoms in total. The first-order valence-electron chi connectivity index (χ1n) is 6.44. The van der Waals surface area contributed by atoms with Crippen molar-refractivity contribution >= 4 is 17.4 Å². The first kappa shape index (κ1) is 14.6. The van der Waals surface area contributed by atoms with E-state index in [1.54, 1.807) is 19.2 Å². The highest BCUT2D eigenvalue weighted by Crippen LogP contribution is 2.26. The van der Waals surface area contributed by atoms with E-state index in [2.05, 4.69) is 0 Å². The normalized spacial score (nSPS) is 10.4. The average Bonchev–Trinajstić information content (AvgIpc) is 2.40. The third kappa shape index (κ3) is 3.20.